The predicted molar refractivity (Wildman–Crippen MR) is 75.8 cm³/mol. The van der Waals surface area contributed by atoms with Crippen LogP contribution in [0.2, 0.25) is 0 Å². The average Bonchev–Trinajstić information content (AvgIpc) is 2.69. The Morgan fingerprint density at radius 1 is 1.24 bits per heavy atom. The van der Waals surface area contributed by atoms with E-state index in [9.17, 15) is 0 Å². The maximum Gasteiger partial charge on any atom is 0.183 e. The number of hydrogen-bond acceptors (Lipinski definition) is 3. The lowest BCUT2D eigenvalue weighted by molar-refractivity contribution is 0.897. The summed E-state index contributed by atoms with van der Waals surface area (Å²) in [4.78, 5) is 4.63. The topological polar surface area (TPSA) is 24.9 Å². The van der Waals surface area contributed by atoms with Gasteiger partial charge in [-0.15, -0.1) is 11.3 Å². The molecule has 0 amide bonds. The van der Waals surface area contributed by atoms with E-state index in [2.05, 4.69) is 61.6 Å². The van der Waals surface area contributed by atoms with Gasteiger partial charge < -0.3 is 5.32 Å². The summed E-state index contributed by atoms with van der Waals surface area (Å²) < 4.78 is 0. The first-order chi connectivity index (χ1) is 8.06. The molecule has 0 atom stereocenters. The van der Waals surface area contributed by atoms with E-state index in [1.165, 1.54) is 16.7 Å². The number of thiazole rings is 1. The highest BCUT2D eigenvalue weighted by molar-refractivity contribution is 7.14. The molecular formula is C14H18N2S. The van der Waals surface area contributed by atoms with Gasteiger partial charge in [0.15, 0.2) is 5.13 Å². The number of nitrogens with one attached hydrogen (secondary N) is 1. The van der Waals surface area contributed by atoms with Crippen molar-refractivity contribution in [2.45, 2.75) is 33.7 Å². The molecule has 0 aliphatic carbocycles. The molecule has 17 heavy (non-hydrogen) atoms. The van der Waals surface area contributed by atoms with Gasteiger partial charge in [0.1, 0.15) is 0 Å². The molecule has 0 spiro atoms. The predicted octanol–water partition coefficient (Wildman–Crippen LogP) is 4.25. The van der Waals surface area contributed by atoms with Crippen molar-refractivity contribution in [2.24, 2.45) is 0 Å². The standard InChI is InChI=1S/C14H18N2S/c1-9(2)15-14-16-13(8-17-14)12-7-10(3)5-6-11(12)4/h5-9H,1-4H3,(H,15,16). The Morgan fingerprint density at radius 3 is 2.71 bits per heavy atom. The van der Waals surface area contributed by atoms with E-state index < -0.39 is 0 Å². The molecule has 0 fully saturated rings. The van der Waals surface area contributed by atoms with Crippen LogP contribution in [0.15, 0.2) is 23.6 Å². The zero-order valence-corrected chi connectivity index (χ0v) is 11.6. The molecule has 0 bridgehead atoms. The first kappa shape index (κ1) is 12.1. The molecule has 1 aromatic heterocycles. The van der Waals surface area contributed by atoms with Crippen molar-refractivity contribution >= 4 is 16.5 Å². The Labute approximate surface area is 107 Å². The van der Waals surface area contributed by atoms with Gasteiger partial charge in [0, 0.05) is 17.0 Å². The van der Waals surface area contributed by atoms with Crippen molar-refractivity contribution in [1.29, 1.82) is 0 Å². The minimum absolute atomic E-state index is 0.424. The van der Waals surface area contributed by atoms with Gasteiger partial charge in [-0.1, -0.05) is 17.7 Å². The van der Waals surface area contributed by atoms with Gasteiger partial charge in [-0.05, 0) is 39.3 Å². The maximum absolute atomic E-state index is 4.63. The second-order valence-electron chi connectivity index (χ2n) is 4.66. The third-order valence-electron chi connectivity index (χ3n) is 2.59. The molecule has 2 aromatic rings. The minimum Gasteiger partial charge on any atom is -0.359 e. The molecule has 1 heterocycles. The fourth-order valence-corrected chi connectivity index (χ4v) is 2.58. The lowest BCUT2D eigenvalue weighted by Gasteiger charge is -2.06. The third-order valence-corrected chi connectivity index (χ3v) is 3.36. The normalized spacial score (nSPS) is 10.9. The van der Waals surface area contributed by atoms with Crippen LogP contribution in [0.25, 0.3) is 11.3 Å². The summed E-state index contributed by atoms with van der Waals surface area (Å²) in [5, 5.41) is 6.45. The monoisotopic (exact) mass is 246 g/mol. The molecule has 0 radical (unpaired) electrons. The van der Waals surface area contributed by atoms with E-state index in [1.807, 2.05) is 0 Å². The fraction of sp³-hybridized carbons (Fsp3) is 0.357. The van der Waals surface area contributed by atoms with Crippen molar-refractivity contribution in [1.82, 2.24) is 4.98 Å². The van der Waals surface area contributed by atoms with Crippen LogP contribution in [0.4, 0.5) is 5.13 Å². The van der Waals surface area contributed by atoms with Crippen molar-refractivity contribution < 1.29 is 0 Å². The van der Waals surface area contributed by atoms with Crippen LogP contribution in [0.1, 0.15) is 25.0 Å². The van der Waals surface area contributed by atoms with Crippen molar-refractivity contribution in [3.05, 3.63) is 34.7 Å². The highest BCUT2D eigenvalue weighted by Crippen LogP contribution is 2.28. The highest BCUT2D eigenvalue weighted by Gasteiger charge is 2.07. The van der Waals surface area contributed by atoms with E-state index in [0.717, 1.165) is 10.8 Å². The largest absolute Gasteiger partial charge is 0.359 e. The molecular weight excluding hydrogens is 228 g/mol. The van der Waals surface area contributed by atoms with Gasteiger partial charge in [-0.25, -0.2) is 4.98 Å². The van der Waals surface area contributed by atoms with Gasteiger partial charge in [-0.2, -0.15) is 0 Å². The van der Waals surface area contributed by atoms with Gasteiger partial charge in [0.25, 0.3) is 0 Å². The first-order valence-electron chi connectivity index (χ1n) is 5.86. The molecule has 1 aromatic carbocycles. The molecule has 2 nitrogen and oxygen atoms in total. The van der Waals surface area contributed by atoms with Crippen LogP contribution in [0.5, 0.6) is 0 Å². The Kier molecular flexibility index (Phi) is 3.48. The Balaban J connectivity index is 2.33. The molecule has 3 heteroatoms. The Hall–Kier alpha value is -1.35. The second kappa shape index (κ2) is 4.88. The van der Waals surface area contributed by atoms with Gasteiger partial charge in [0.2, 0.25) is 0 Å². The maximum atomic E-state index is 4.63. The van der Waals surface area contributed by atoms with Crippen LogP contribution in [-0.2, 0) is 0 Å². The molecule has 0 saturated carbocycles. The van der Waals surface area contributed by atoms with Crippen LogP contribution in [-0.4, -0.2) is 11.0 Å². The highest BCUT2D eigenvalue weighted by atomic mass is 32.1. The average molecular weight is 246 g/mol. The summed E-state index contributed by atoms with van der Waals surface area (Å²) in [6.45, 7) is 8.49. The molecule has 2 rings (SSSR count). The summed E-state index contributed by atoms with van der Waals surface area (Å²) in [6.07, 6.45) is 0. The zero-order chi connectivity index (χ0) is 12.4. The van der Waals surface area contributed by atoms with E-state index in [4.69, 9.17) is 0 Å². The number of benzene rings is 1. The number of aryl methyl sites for hydroxylation is 2. The molecule has 0 unspecified atom stereocenters. The summed E-state index contributed by atoms with van der Waals surface area (Å²) >= 11 is 1.67. The summed E-state index contributed by atoms with van der Waals surface area (Å²) in [6, 6.07) is 6.91. The Bertz CT molecular complexity index is 515. The molecule has 90 valence electrons. The zero-order valence-electron chi connectivity index (χ0n) is 10.7. The summed E-state index contributed by atoms with van der Waals surface area (Å²) in [5.41, 5.74) is 4.85. The van der Waals surface area contributed by atoms with E-state index in [0.29, 0.717) is 6.04 Å². The van der Waals surface area contributed by atoms with Gasteiger partial charge >= 0.3 is 0 Å². The van der Waals surface area contributed by atoms with Crippen molar-refractivity contribution in [3.8, 4) is 11.3 Å². The number of aromatic nitrogens is 1. The van der Waals surface area contributed by atoms with E-state index in [1.54, 1.807) is 11.3 Å². The molecule has 0 aliphatic rings. The molecule has 1 N–H and O–H groups in total. The Morgan fingerprint density at radius 2 is 2.00 bits per heavy atom. The number of anilines is 1. The van der Waals surface area contributed by atoms with Crippen LogP contribution in [0.3, 0.4) is 0 Å². The lowest BCUT2D eigenvalue weighted by Crippen LogP contribution is -2.09. The summed E-state index contributed by atoms with van der Waals surface area (Å²) in [5.74, 6) is 0. The fourth-order valence-electron chi connectivity index (χ4n) is 1.72. The third kappa shape index (κ3) is 2.86. The molecule has 0 aliphatic heterocycles. The van der Waals surface area contributed by atoms with E-state index in [-0.39, 0.29) is 0 Å². The van der Waals surface area contributed by atoms with Crippen molar-refractivity contribution in [2.75, 3.05) is 5.32 Å². The van der Waals surface area contributed by atoms with E-state index >= 15 is 0 Å². The number of nitrogens with zero attached hydrogens (tertiary/aromatic N) is 1. The van der Waals surface area contributed by atoms with Gasteiger partial charge in [0.05, 0.1) is 5.69 Å². The van der Waals surface area contributed by atoms with Crippen LogP contribution in [0, 0.1) is 13.8 Å². The number of rotatable bonds is 3. The van der Waals surface area contributed by atoms with Crippen molar-refractivity contribution in [3.63, 3.8) is 0 Å². The smallest absolute Gasteiger partial charge is 0.183 e. The number of hydrogen-bond donors (Lipinski definition) is 1. The van der Waals surface area contributed by atoms with Crippen LogP contribution < -0.4 is 5.32 Å². The second-order valence-corrected chi connectivity index (χ2v) is 5.51. The first-order valence-corrected chi connectivity index (χ1v) is 6.74. The van der Waals surface area contributed by atoms with Gasteiger partial charge in [-0.3, -0.25) is 0 Å². The minimum atomic E-state index is 0.424. The molecule has 0 saturated heterocycles. The SMILES string of the molecule is Cc1ccc(C)c(-c2csc(NC(C)C)n2)c1. The van der Waals surface area contributed by atoms with Crippen LogP contribution >= 0.6 is 11.3 Å². The summed E-state index contributed by atoms with van der Waals surface area (Å²) in [7, 11) is 0. The lowest BCUT2D eigenvalue weighted by atomic mass is 10.0. The quantitative estimate of drug-likeness (QED) is 0.876.